The fourth-order valence-electron chi connectivity index (χ4n) is 3.97. The van der Waals surface area contributed by atoms with Gasteiger partial charge in [0.25, 0.3) is 5.91 Å². The average molecular weight is 516 g/mol. The smallest absolute Gasteiger partial charge is 0.408 e. The van der Waals surface area contributed by atoms with Crippen LogP contribution in [0.4, 0.5) is 10.5 Å². The Bertz CT molecular complexity index is 1090. The van der Waals surface area contributed by atoms with E-state index in [-0.39, 0.29) is 5.91 Å². The summed E-state index contributed by atoms with van der Waals surface area (Å²) in [4.78, 5) is 41.4. The monoisotopic (exact) mass is 515 g/mol. The number of carbonyl (C=O) groups excluding carboxylic acids is 3. The minimum Gasteiger partial charge on any atom is -0.444 e. The SMILES string of the molecule is CCCN(C(=O)C(C)NC(=O)OC(C)(C)C)C(C(=O)Nc1c(C)cccc1Cl)c1ccc(C)cc1C. The number of hydrogen-bond acceptors (Lipinski definition) is 4. The molecule has 0 aliphatic heterocycles. The number of amides is 3. The van der Waals surface area contributed by atoms with E-state index >= 15 is 0 Å². The van der Waals surface area contributed by atoms with E-state index < -0.39 is 29.7 Å². The van der Waals surface area contributed by atoms with Crippen LogP contribution in [-0.2, 0) is 14.3 Å². The van der Waals surface area contributed by atoms with Crippen LogP contribution in [0.3, 0.4) is 0 Å². The van der Waals surface area contributed by atoms with E-state index in [9.17, 15) is 14.4 Å². The van der Waals surface area contributed by atoms with Crippen LogP contribution in [0.2, 0.25) is 5.02 Å². The van der Waals surface area contributed by atoms with Crippen LogP contribution in [0, 0.1) is 20.8 Å². The van der Waals surface area contributed by atoms with Crippen molar-refractivity contribution >= 4 is 35.2 Å². The molecule has 3 amide bonds. The Hall–Kier alpha value is -3.06. The third kappa shape index (κ3) is 7.72. The molecule has 2 atom stereocenters. The molecule has 0 saturated heterocycles. The van der Waals surface area contributed by atoms with Crippen molar-refractivity contribution in [3.05, 3.63) is 63.7 Å². The average Bonchev–Trinajstić information content (AvgIpc) is 2.75. The maximum Gasteiger partial charge on any atom is 0.408 e. The number of anilines is 1. The lowest BCUT2D eigenvalue weighted by Gasteiger charge is -2.34. The maximum absolute atomic E-state index is 13.8. The topological polar surface area (TPSA) is 87.7 Å². The van der Waals surface area contributed by atoms with Gasteiger partial charge in [-0.05, 0) is 77.6 Å². The van der Waals surface area contributed by atoms with Gasteiger partial charge in [-0.25, -0.2) is 4.79 Å². The van der Waals surface area contributed by atoms with Gasteiger partial charge in [-0.2, -0.15) is 0 Å². The molecule has 2 aromatic carbocycles. The highest BCUT2D eigenvalue weighted by Gasteiger charge is 2.35. The first kappa shape index (κ1) is 29.2. The molecule has 0 aromatic heterocycles. The van der Waals surface area contributed by atoms with Gasteiger partial charge in [-0.15, -0.1) is 0 Å². The van der Waals surface area contributed by atoms with Gasteiger partial charge in [0.1, 0.15) is 17.7 Å². The number of carbonyl (C=O) groups is 3. The lowest BCUT2D eigenvalue weighted by atomic mass is 9.96. The van der Waals surface area contributed by atoms with Gasteiger partial charge in [0.2, 0.25) is 5.91 Å². The second kappa shape index (κ2) is 12.3. The number of para-hydroxylation sites is 1. The summed E-state index contributed by atoms with van der Waals surface area (Å²) in [5.41, 5.74) is 3.24. The molecule has 36 heavy (non-hydrogen) atoms. The van der Waals surface area contributed by atoms with Gasteiger partial charge < -0.3 is 20.3 Å². The van der Waals surface area contributed by atoms with Crippen LogP contribution in [0.15, 0.2) is 36.4 Å². The van der Waals surface area contributed by atoms with Gasteiger partial charge in [0.05, 0.1) is 10.7 Å². The molecule has 0 fully saturated rings. The normalized spacial score (nSPS) is 12.9. The number of hydrogen-bond donors (Lipinski definition) is 2. The number of benzene rings is 2. The quantitative estimate of drug-likeness (QED) is 0.445. The molecule has 2 rings (SSSR count). The number of ether oxygens (including phenoxy) is 1. The van der Waals surface area contributed by atoms with Crippen LogP contribution in [-0.4, -0.2) is 41.0 Å². The molecule has 2 N–H and O–H groups in total. The van der Waals surface area contributed by atoms with E-state index in [1.54, 1.807) is 33.8 Å². The standard InChI is InChI=1S/C28H38ClN3O4/c1-9-15-32(26(34)20(5)30-27(35)36-28(6,7)8)24(21-14-13-17(2)16-19(21)4)25(33)31-23-18(3)11-10-12-22(23)29/h10-14,16,20,24H,9,15H2,1-8H3,(H,30,35)(H,31,33). The summed E-state index contributed by atoms with van der Waals surface area (Å²) in [7, 11) is 0. The first-order valence-corrected chi connectivity index (χ1v) is 12.6. The number of nitrogens with zero attached hydrogens (tertiary/aromatic N) is 1. The summed E-state index contributed by atoms with van der Waals surface area (Å²) >= 11 is 6.38. The summed E-state index contributed by atoms with van der Waals surface area (Å²) in [5.74, 6) is -0.775. The molecular weight excluding hydrogens is 478 g/mol. The first-order valence-electron chi connectivity index (χ1n) is 12.2. The van der Waals surface area contributed by atoms with Crippen LogP contribution in [0.1, 0.15) is 69.3 Å². The zero-order valence-electron chi connectivity index (χ0n) is 22.5. The summed E-state index contributed by atoms with van der Waals surface area (Å²) in [5, 5.41) is 5.97. The number of halogens is 1. The predicted octanol–water partition coefficient (Wildman–Crippen LogP) is 6.10. The number of alkyl carbamates (subject to hydrolysis) is 1. The fraction of sp³-hybridized carbons (Fsp3) is 0.464. The third-order valence-corrected chi connectivity index (χ3v) is 5.92. The molecule has 0 spiro atoms. The van der Waals surface area contributed by atoms with E-state index in [1.165, 1.54) is 4.90 Å². The van der Waals surface area contributed by atoms with Gasteiger partial charge in [-0.3, -0.25) is 9.59 Å². The van der Waals surface area contributed by atoms with Crippen LogP contribution in [0.5, 0.6) is 0 Å². The molecule has 7 nitrogen and oxygen atoms in total. The van der Waals surface area contributed by atoms with Gasteiger partial charge in [-0.1, -0.05) is 54.4 Å². The Morgan fingerprint density at radius 1 is 1.06 bits per heavy atom. The fourth-order valence-corrected chi connectivity index (χ4v) is 4.24. The Morgan fingerprint density at radius 2 is 1.72 bits per heavy atom. The molecule has 2 unspecified atom stereocenters. The lowest BCUT2D eigenvalue weighted by molar-refractivity contribution is -0.140. The minimum atomic E-state index is -0.934. The molecule has 2 aromatic rings. The van der Waals surface area contributed by atoms with E-state index in [1.807, 2.05) is 58.0 Å². The minimum absolute atomic E-state index is 0.312. The van der Waals surface area contributed by atoms with Crippen molar-refractivity contribution < 1.29 is 19.1 Å². The van der Waals surface area contributed by atoms with Crippen molar-refractivity contribution in [3.63, 3.8) is 0 Å². The number of rotatable bonds is 8. The Morgan fingerprint density at radius 3 is 2.28 bits per heavy atom. The Balaban J connectivity index is 2.49. The van der Waals surface area contributed by atoms with E-state index in [2.05, 4.69) is 10.6 Å². The molecule has 0 aliphatic carbocycles. The van der Waals surface area contributed by atoms with E-state index in [4.69, 9.17) is 16.3 Å². The predicted molar refractivity (Wildman–Crippen MR) is 144 cm³/mol. The summed E-state index contributed by atoms with van der Waals surface area (Å²) < 4.78 is 5.31. The molecule has 0 saturated carbocycles. The molecule has 0 radical (unpaired) electrons. The van der Waals surface area contributed by atoms with E-state index in [0.717, 1.165) is 16.7 Å². The van der Waals surface area contributed by atoms with Crippen molar-refractivity contribution in [2.75, 3.05) is 11.9 Å². The molecule has 0 heterocycles. The van der Waals surface area contributed by atoms with Crippen molar-refractivity contribution in [2.24, 2.45) is 0 Å². The highest BCUT2D eigenvalue weighted by Crippen LogP contribution is 2.31. The first-order chi connectivity index (χ1) is 16.7. The van der Waals surface area contributed by atoms with Crippen molar-refractivity contribution in [2.45, 2.75) is 79.5 Å². The maximum atomic E-state index is 13.8. The Labute approximate surface area is 219 Å². The van der Waals surface area contributed by atoms with Gasteiger partial charge >= 0.3 is 6.09 Å². The zero-order chi connectivity index (χ0) is 27.2. The van der Waals surface area contributed by atoms with Gasteiger partial charge in [0, 0.05) is 6.54 Å². The summed E-state index contributed by atoms with van der Waals surface area (Å²) in [6, 6.07) is 9.30. The highest BCUT2D eigenvalue weighted by atomic mass is 35.5. The van der Waals surface area contributed by atoms with Crippen LogP contribution in [0.25, 0.3) is 0 Å². The summed E-state index contributed by atoms with van der Waals surface area (Å²) in [6.07, 6.45) is -0.0796. The third-order valence-electron chi connectivity index (χ3n) is 5.60. The Kier molecular flexibility index (Phi) is 9.93. The lowest BCUT2D eigenvalue weighted by Crippen LogP contribution is -2.51. The highest BCUT2D eigenvalue weighted by molar-refractivity contribution is 6.34. The largest absolute Gasteiger partial charge is 0.444 e. The van der Waals surface area contributed by atoms with Crippen LogP contribution >= 0.6 is 11.6 Å². The molecule has 8 heteroatoms. The zero-order valence-corrected chi connectivity index (χ0v) is 23.2. The summed E-state index contributed by atoms with van der Waals surface area (Å²) in [6.45, 7) is 14.8. The number of nitrogens with one attached hydrogen (secondary N) is 2. The van der Waals surface area contributed by atoms with Crippen LogP contribution < -0.4 is 10.6 Å². The second-order valence-corrected chi connectivity index (χ2v) is 10.5. The molecule has 196 valence electrons. The molecule has 0 aliphatic rings. The second-order valence-electron chi connectivity index (χ2n) is 10.1. The van der Waals surface area contributed by atoms with E-state index in [0.29, 0.717) is 29.2 Å². The van der Waals surface area contributed by atoms with Crippen molar-refractivity contribution in [1.29, 1.82) is 0 Å². The molecular formula is C28H38ClN3O4. The number of aryl methyl sites for hydroxylation is 3. The van der Waals surface area contributed by atoms with Gasteiger partial charge in [0.15, 0.2) is 0 Å². The van der Waals surface area contributed by atoms with Crippen molar-refractivity contribution in [1.82, 2.24) is 10.2 Å². The molecule has 0 bridgehead atoms. The van der Waals surface area contributed by atoms with Crippen molar-refractivity contribution in [3.8, 4) is 0 Å².